The molecule has 1 saturated heterocycles. The third kappa shape index (κ3) is 10.9. The van der Waals surface area contributed by atoms with E-state index in [1.165, 1.54) is 23.1 Å². The molecule has 0 saturated carbocycles. The number of thioether (sulfide) groups is 1. The molecule has 5 N–H and O–H groups in total. The van der Waals surface area contributed by atoms with Crippen molar-refractivity contribution in [2.75, 3.05) is 44.3 Å². The topological polar surface area (TPSA) is 193 Å². The maximum Gasteiger partial charge on any atom is 0.307 e. The standard InChI is InChI=1S/C38H41ClN8O4S2/c39-27-10-6-26(7-11-27)37-45-28(23-52-37)24-53-38-31(22-42)34(30(21-41)35(46-38)47-17-3-4-18-47)25-8-12-29(13-9-25)50-19-20-51-33(48)14-16-44-36(49)32(43)5-1-2-15-40/h6-13,23,32H,1-5,14-20,24,40,43H2,(H,44,49)/t32-/m0/s1. The average Bonchev–Trinajstić information content (AvgIpc) is 3.89. The Hall–Kier alpha value is -4.70. The van der Waals surface area contributed by atoms with E-state index in [4.69, 9.17) is 42.5 Å². The van der Waals surface area contributed by atoms with Crippen LogP contribution in [0.2, 0.25) is 5.02 Å². The highest BCUT2D eigenvalue weighted by atomic mass is 35.5. The quantitative estimate of drug-likeness (QED) is 0.0604. The Morgan fingerprint density at radius 1 is 1.00 bits per heavy atom. The fourth-order valence-electron chi connectivity index (χ4n) is 5.72. The molecule has 1 aliphatic heterocycles. The van der Waals surface area contributed by atoms with Gasteiger partial charge in [0.15, 0.2) is 0 Å². The fourth-order valence-corrected chi connectivity index (χ4v) is 7.65. The molecule has 12 nitrogen and oxygen atoms in total. The van der Waals surface area contributed by atoms with Crippen molar-refractivity contribution in [1.82, 2.24) is 15.3 Å². The van der Waals surface area contributed by atoms with Gasteiger partial charge in [-0.05, 0) is 62.1 Å². The van der Waals surface area contributed by atoms with Gasteiger partial charge in [-0.25, -0.2) is 9.97 Å². The number of halogens is 1. The Bertz CT molecular complexity index is 1940. The lowest BCUT2D eigenvalue weighted by Crippen LogP contribution is -2.41. The lowest BCUT2D eigenvalue weighted by Gasteiger charge is -2.22. The van der Waals surface area contributed by atoms with Crippen LogP contribution < -0.4 is 26.4 Å². The summed E-state index contributed by atoms with van der Waals surface area (Å²) < 4.78 is 11.0. The van der Waals surface area contributed by atoms with E-state index < -0.39 is 12.0 Å². The first-order valence-corrected chi connectivity index (χ1v) is 19.6. The molecule has 15 heteroatoms. The molecule has 4 aromatic rings. The first kappa shape index (κ1) is 39.5. The van der Waals surface area contributed by atoms with Crippen LogP contribution in [0.4, 0.5) is 5.82 Å². The maximum absolute atomic E-state index is 12.1. The molecule has 3 heterocycles. The minimum Gasteiger partial charge on any atom is -0.490 e. The van der Waals surface area contributed by atoms with Crippen LogP contribution in [-0.4, -0.2) is 67.3 Å². The molecule has 276 valence electrons. The molecule has 0 spiro atoms. The number of amides is 1. The van der Waals surface area contributed by atoms with E-state index in [0.717, 1.165) is 55.0 Å². The van der Waals surface area contributed by atoms with E-state index in [2.05, 4.69) is 22.4 Å². The maximum atomic E-state index is 12.1. The van der Waals surface area contributed by atoms with Crippen molar-refractivity contribution in [3.05, 3.63) is 75.8 Å². The van der Waals surface area contributed by atoms with Crippen molar-refractivity contribution < 1.29 is 19.1 Å². The van der Waals surface area contributed by atoms with Gasteiger partial charge < -0.3 is 31.2 Å². The number of rotatable bonds is 18. The molecule has 0 radical (unpaired) electrons. The van der Waals surface area contributed by atoms with Gasteiger partial charge in [-0.15, -0.1) is 11.3 Å². The van der Waals surface area contributed by atoms with Gasteiger partial charge in [0.2, 0.25) is 5.91 Å². The molecular weight excluding hydrogens is 732 g/mol. The summed E-state index contributed by atoms with van der Waals surface area (Å²) in [6.45, 7) is 2.38. The molecule has 5 rings (SSSR count). The van der Waals surface area contributed by atoms with E-state index in [1.54, 1.807) is 12.1 Å². The van der Waals surface area contributed by atoms with Gasteiger partial charge in [0.25, 0.3) is 0 Å². The van der Waals surface area contributed by atoms with Gasteiger partial charge >= 0.3 is 5.97 Å². The number of hydrogen-bond donors (Lipinski definition) is 3. The minimum atomic E-state index is -0.633. The number of thiazole rings is 1. The molecule has 1 aliphatic rings. The van der Waals surface area contributed by atoms with Crippen LogP contribution in [0.3, 0.4) is 0 Å². The predicted octanol–water partition coefficient (Wildman–Crippen LogP) is 6.05. The predicted molar refractivity (Wildman–Crippen MR) is 208 cm³/mol. The fraction of sp³-hybridized carbons (Fsp3) is 0.368. The van der Waals surface area contributed by atoms with Crippen LogP contribution in [0.1, 0.15) is 55.3 Å². The van der Waals surface area contributed by atoms with Crippen molar-refractivity contribution in [2.45, 2.75) is 55.3 Å². The van der Waals surface area contributed by atoms with E-state index >= 15 is 0 Å². The molecule has 1 fully saturated rings. The third-order valence-corrected chi connectivity index (χ3v) is 10.7. The zero-order valence-corrected chi connectivity index (χ0v) is 31.6. The molecule has 0 unspecified atom stereocenters. The summed E-state index contributed by atoms with van der Waals surface area (Å²) in [6.07, 6.45) is 4.12. The highest BCUT2D eigenvalue weighted by Crippen LogP contribution is 2.40. The first-order chi connectivity index (χ1) is 25.8. The second-order valence-electron chi connectivity index (χ2n) is 12.2. The number of nitriles is 2. The van der Waals surface area contributed by atoms with Gasteiger partial charge in [0, 0.05) is 46.9 Å². The number of nitrogens with one attached hydrogen (secondary N) is 1. The van der Waals surface area contributed by atoms with Crippen LogP contribution in [0.25, 0.3) is 21.7 Å². The van der Waals surface area contributed by atoms with Crippen molar-refractivity contribution in [1.29, 1.82) is 10.5 Å². The van der Waals surface area contributed by atoms with Gasteiger partial charge in [-0.3, -0.25) is 9.59 Å². The minimum absolute atomic E-state index is 0.0122. The number of nitrogens with zero attached hydrogens (tertiary/aromatic N) is 5. The zero-order valence-electron chi connectivity index (χ0n) is 29.2. The first-order valence-electron chi connectivity index (χ1n) is 17.4. The van der Waals surface area contributed by atoms with Crippen molar-refractivity contribution in [3.63, 3.8) is 0 Å². The SMILES string of the molecule is N#Cc1c(SCc2csc(-c3ccc(Cl)cc3)n2)nc(N2CCCC2)c(C#N)c1-c1ccc(OCCOC(=O)CCNC(=O)[C@@H](N)CCCCN)cc1. The monoisotopic (exact) mass is 772 g/mol. The Morgan fingerprint density at radius 2 is 1.72 bits per heavy atom. The second-order valence-corrected chi connectivity index (χ2v) is 14.5. The Balaban J connectivity index is 1.22. The lowest BCUT2D eigenvalue weighted by molar-refractivity contribution is -0.144. The van der Waals surface area contributed by atoms with Crippen LogP contribution >= 0.6 is 34.7 Å². The van der Waals surface area contributed by atoms with E-state index in [0.29, 0.717) is 62.6 Å². The number of carbonyl (C=O) groups is 2. The van der Waals surface area contributed by atoms with Crippen molar-refractivity contribution in [2.24, 2.45) is 11.5 Å². The molecule has 1 amide bonds. The summed E-state index contributed by atoms with van der Waals surface area (Å²) in [5.41, 5.74) is 15.1. The highest BCUT2D eigenvalue weighted by molar-refractivity contribution is 7.98. The lowest BCUT2D eigenvalue weighted by atomic mass is 9.96. The zero-order chi connectivity index (χ0) is 37.6. The summed E-state index contributed by atoms with van der Waals surface area (Å²) in [5, 5.41) is 27.6. The third-order valence-electron chi connectivity index (χ3n) is 8.47. The molecule has 2 aromatic heterocycles. The summed E-state index contributed by atoms with van der Waals surface area (Å²) in [6, 6.07) is 18.7. The Morgan fingerprint density at radius 3 is 2.42 bits per heavy atom. The number of aromatic nitrogens is 2. The second kappa shape index (κ2) is 19.9. The average molecular weight is 773 g/mol. The van der Waals surface area contributed by atoms with Gasteiger partial charge in [0.1, 0.15) is 52.5 Å². The Kier molecular flexibility index (Phi) is 14.9. The van der Waals surface area contributed by atoms with Crippen molar-refractivity contribution >= 4 is 52.4 Å². The molecule has 53 heavy (non-hydrogen) atoms. The number of unbranched alkanes of at least 4 members (excludes halogenated alkanes) is 1. The van der Waals surface area contributed by atoms with Crippen LogP contribution in [0.15, 0.2) is 58.9 Å². The largest absolute Gasteiger partial charge is 0.490 e. The summed E-state index contributed by atoms with van der Waals surface area (Å²) >= 11 is 9.02. The number of pyridine rings is 1. The summed E-state index contributed by atoms with van der Waals surface area (Å²) in [7, 11) is 0. The number of esters is 1. The summed E-state index contributed by atoms with van der Waals surface area (Å²) in [5.74, 6) is 0.826. The smallest absolute Gasteiger partial charge is 0.307 e. The van der Waals surface area contributed by atoms with E-state index in [-0.39, 0.29) is 32.1 Å². The molecule has 0 bridgehead atoms. The number of anilines is 1. The normalized spacial score (nSPS) is 12.9. The van der Waals surface area contributed by atoms with Gasteiger partial charge in [-0.2, -0.15) is 10.5 Å². The van der Waals surface area contributed by atoms with E-state index in [9.17, 15) is 20.1 Å². The number of nitrogens with two attached hydrogens (primary N) is 2. The number of benzene rings is 2. The van der Waals surface area contributed by atoms with Crippen LogP contribution in [0, 0.1) is 22.7 Å². The summed E-state index contributed by atoms with van der Waals surface area (Å²) in [4.78, 5) is 36.0. The van der Waals surface area contributed by atoms with E-state index in [1.807, 2.05) is 41.8 Å². The van der Waals surface area contributed by atoms with Crippen LogP contribution in [0.5, 0.6) is 5.75 Å². The van der Waals surface area contributed by atoms with Gasteiger partial charge in [0.05, 0.1) is 23.7 Å². The molecular formula is C38H41ClN8O4S2. The highest BCUT2D eigenvalue weighted by Gasteiger charge is 2.26. The number of hydrogen-bond acceptors (Lipinski definition) is 13. The Labute approximate surface area is 322 Å². The molecule has 1 atom stereocenters. The van der Waals surface area contributed by atoms with Crippen LogP contribution in [-0.2, 0) is 20.1 Å². The van der Waals surface area contributed by atoms with Crippen molar-refractivity contribution in [3.8, 4) is 39.6 Å². The molecule has 0 aliphatic carbocycles. The molecule has 2 aromatic carbocycles. The van der Waals surface area contributed by atoms with Gasteiger partial charge in [-0.1, -0.05) is 54.0 Å². The number of carbonyl (C=O) groups excluding carboxylic acids is 2. The number of ether oxygens (including phenoxy) is 2.